The Hall–Kier alpha value is -2.90. The summed E-state index contributed by atoms with van der Waals surface area (Å²) in [5.41, 5.74) is 1.10. The number of rotatable bonds is 6. The lowest BCUT2D eigenvalue weighted by molar-refractivity contribution is -0.142. The molecule has 2 amide bonds. The average molecular weight is 358 g/mol. The number of nitrogens with zero attached hydrogens (tertiary/aromatic N) is 1. The summed E-state index contributed by atoms with van der Waals surface area (Å²) in [5.74, 6) is -1.53. The number of benzene rings is 1. The van der Waals surface area contributed by atoms with Crippen molar-refractivity contribution in [3.8, 4) is 0 Å². The van der Waals surface area contributed by atoms with E-state index in [1.165, 1.54) is 0 Å². The zero-order valence-electron chi connectivity index (χ0n) is 14.3. The lowest BCUT2D eigenvalue weighted by atomic mass is 9.86. The van der Waals surface area contributed by atoms with Gasteiger partial charge >= 0.3 is 5.97 Å². The molecule has 0 spiro atoms. The van der Waals surface area contributed by atoms with Crippen molar-refractivity contribution in [2.45, 2.75) is 38.1 Å². The monoisotopic (exact) mass is 358 g/mol. The number of H-pyrrole nitrogens is 1. The van der Waals surface area contributed by atoms with Crippen molar-refractivity contribution in [3.05, 3.63) is 30.0 Å². The quantitative estimate of drug-likeness (QED) is 0.622. The second-order valence-electron chi connectivity index (χ2n) is 6.58. The second-order valence-corrected chi connectivity index (χ2v) is 6.58. The molecule has 138 valence electrons. The standard InChI is InChI=1S/C18H22N4O4/c23-15(20-12-7-5-11(6-8-12)18(25)26)9-10-19-17(24)16-13-3-1-2-4-14(13)21-22-16/h1-4,11-12H,5-10H2,(H,19,24)(H,20,23)(H,21,22)(H,25,26). The summed E-state index contributed by atoms with van der Waals surface area (Å²) in [6.45, 7) is 0.219. The van der Waals surface area contributed by atoms with Gasteiger partial charge in [0.2, 0.25) is 5.91 Å². The molecule has 1 aromatic heterocycles. The Morgan fingerprint density at radius 3 is 2.62 bits per heavy atom. The van der Waals surface area contributed by atoms with Crippen molar-refractivity contribution < 1.29 is 19.5 Å². The molecule has 3 rings (SSSR count). The van der Waals surface area contributed by atoms with Crippen LogP contribution in [0.3, 0.4) is 0 Å². The first kappa shape index (κ1) is 17.9. The number of hydrogen-bond acceptors (Lipinski definition) is 4. The van der Waals surface area contributed by atoms with Gasteiger partial charge in [-0.3, -0.25) is 19.5 Å². The van der Waals surface area contributed by atoms with E-state index in [0.717, 1.165) is 10.9 Å². The van der Waals surface area contributed by atoms with Gasteiger partial charge in [-0.1, -0.05) is 18.2 Å². The highest BCUT2D eigenvalue weighted by Crippen LogP contribution is 2.24. The van der Waals surface area contributed by atoms with E-state index in [1.807, 2.05) is 24.3 Å². The molecule has 1 aromatic carbocycles. The summed E-state index contributed by atoms with van der Waals surface area (Å²) in [6, 6.07) is 7.36. The minimum atomic E-state index is -0.761. The predicted octanol–water partition coefficient (Wildman–Crippen LogP) is 1.44. The molecule has 1 fully saturated rings. The highest BCUT2D eigenvalue weighted by atomic mass is 16.4. The molecule has 1 aliphatic rings. The SMILES string of the molecule is O=C(CCNC(=O)c1n[nH]c2ccccc12)NC1CCC(C(=O)O)CC1. The van der Waals surface area contributed by atoms with Crippen LogP contribution >= 0.6 is 0 Å². The van der Waals surface area contributed by atoms with Crippen LogP contribution in [0.5, 0.6) is 0 Å². The number of hydrogen-bond donors (Lipinski definition) is 4. The first-order valence-electron chi connectivity index (χ1n) is 8.78. The van der Waals surface area contributed by atoms with Crippen molar-refractivity contribution >= 4 is 28.7 Å². The first-order chi connectivity index (χ1) is 12.5. The number of aliphatic carboxylic acids is 1. The van der Waals surface area contributed by atoms with Crippen LogP contribution in [-0.2, 0) is 9.59 Å². The predicted molar refractivity (Wildman–Crippen MR) is 94.6 cm³/mol. The summed E-state index contributed by atoms with van der Waals surface area (Å²) < 4.78 is 0. The number of carbonyl (C=O) groups excluding carboxylic acids is 2. The van der Waals surface area contributed by atoms with Crippen molar-refractivity contribution in [3.63, 3.8) is 0 Å². The lowest BCUT2D eigenvalue weighted by Crippen LogP contribution is -2.40. The molecule has 0 aliphatic heterocycles. The number of fused-ring (bicyclic) bond motifs is 1. The van der Waals surface area contributed by atoms with Gasteiger partial charge in [0.1, 0.15) is 0 Å². The summed E-state index contributed by atoms with van der Waals surface area (Å²) >= 11 is 0. The van der Waals surface area contributed by atoms with E-state index in [2.05, 4.69) is 20.8 Å². The maximum atomic E-state index is 12.2. The van der Waals surface area contributed by atoms with Crippen LogP contribution in [-0.4, -0.2) is 45.7 Å². The fraction of sp³-hybridized carbons (Fsp3) is 0.444. The Balaban J connectivity index is 1.41. The molecule has 8 heteroatoms. The normalized spacial score (nSPS) is 19.8. The van der Waals surface area contributed by atoms with Crippen LogP contribution in [0.25, 0.3) is 10.9 Å². The van der Waals surface area contributed by atoms with Gasteiger partial charge in [-0.2, -0.15) is 5.10 Å². The Morgan fingerprint density at radius 1 is 1.15 bits per heavy atom. The van der Waals surface area contributed by atoms with Crippen LogP contribution in [0.2, 0.25) is 0 Å². The van der Waals surface area contributed by atoms with Crippen LogP contribution < -0.4 is 10.6 Å². The number of aromatic nitrogens is 2. The van der Waals surface area contributed by atoms with Crippen LogP contribution in [0.4, 0.5) is 0 Å². The average Bonchev–Trinajstić information content (AvgIpc) is 3.06. The largest absolute Gasteiger partial charge is 0.481 e. The molecule has 1 heterocycles. The Kier molecular flexibility index (Phi) is 5.50. The maximum absolute atomic E-state index is 12.2. The van der Waals surface area contributed by atoms with E-state index in [0.29, 0.717) is 31.4 Å². The molecule has 2 aromatic rings. The zero-order valence-corrected chi connectivity index (χ0v) is 14.3. The Morgan fingerprint density at radius 2 is 1.88 bits per heavy atom. The number of carbonyl (C=O) groups is 3. The molecule has 0 unspecified atom stereocenters. The fourth-order valence-electron chi connectivity index (χ4n) is 3.29. The van der Waals surface area contributed by atoms with Crippen molar-refractivity contribution in [2.75, 3.05) is 6.54 Å². The summed E-state index contributed by atoms with van der Waals surface area (Å²) in [7, 11) is 0. The minimum absolute atomic E-state index is 0.0177. The van der Waals surface area contributed by atoms with Gasteiger partial charge in [-0.25, -0.2) is 0 Å². The maximum Gasteiger partial charge on any atom is 0.306 e. The third-order valence-electron chi connectivity index (χ3n) is 4.76. The molecular formula is C18H22N4O4. The van der Waals surface area contributed by atoms with Crippen LogP contribution in [0.1, 0.15) is 42.6 Å². The van der Waals surface area contributed by atoms with E-state index < -0.39 is 5.97 Å². The number of aromatic amines is 1. The number of nitrogens with one attached hydrogen (secondary N) is 3. The fourth-order valence-corrected chi connectivity index (χ4v) is 3.29. The highest BCUT2D eigenvalue weighted by molar-refractivity contribution is 6.04. The Labute approximate surface area is 150 Å². The highest BCUT2D eigenvalue weighted by Gasteiger charge is 2.26. The van der Waals surface area contributed by atoms with Gasteiger partial charge in [-0.15, -0.1) is 0 Å². The Bertz CT molecular complexity index is 808. The summed E-state index contributed by atoms with van der Waals surface area (Å²) in [6.07, 6.45) is 2.70. The molecule has 8 nitrogen and oxygen atoms in total. The van der Waals surface area contributed by atoms with E-state index in [9.17, 15) is 14.4 Å². The lowest BCUT2D eigenvalue weighted by Gasteiger charge is -2.26. The molecule has 4 N–H and O–H groups in total. The zero-order chi connectivity index (χ0) is 18.5. The third-order valence-corrected chi connectivity index (χ3v) is 4.76. The molecule has 0 bridgehead atoms. The van der Waals surface area contributed by atoms with Gasteiger partial charge in [0.15, 0.2) is 5.69 Å². The van der Waals surface area contributed by atoms with E-state index in [1.54, 1.807) is 0 Å². The van der Waals surface area contributed by atoms with Crippen molar-refractivity contribution in [1.29, 1.82) is 0 Å². The smallest absolute Gasteiger partial charge is 0.306 e. The van der Waals surface area contributed by atoms with E-state index in [4.69, 9.17) is 5.11 Å². The van der Waals surface area contributed by atoms with Gasteiger partial charge in [0, 0.05) is 24.4 Å². The molecule has 0 radical (unpaired) electrons. The number of para-hydroxylation sites is 1. The molecular weight excluding hydrogens is 336 g/mol. The third kappa shape index (κ3) is 4.19. The van der Waals surface area contributed by atoms with E-state index >= 15 is 0 Å². The summed E-state index contributed by atoms with van der Waals surface area (Å²) in [4.78, 5) is 35.1. The minimum Gasteiger partial charge on any atom is -0.481 e. The van der Waals surface area contributed by atoms with Gasteiger partial charge in [0.25, 0.3) is 5.91 Å². The molecule has 0 atom stereocenters. The molecule has 1 aliphatic carbocycles. The van der Waals surface area contributed by atoms with Crippen molar-refractivity contribution in [1.82, 2.24) is 20.8 Å². The van der Waals surface area contributed by atoms with Gasteiger partial charge in [0.05, 0.1) is 11.4 Å². The summed E-state index contributed by atoms with van der Waals surface area (Å²) in [5, 5.41) is 22.2. The number of amides is 2. The molecule has 26 heavy (non-hydrogen) atoms. The topological polar surface area (TPSA) is 124 Å². The van der Waals surface area contributed by atoms with Crippen molar-refractivity contribution in [2.24, 2.45) is 5.92 Å². The van der Waals surface area contributed by atoms with Gasteiger partial charge in [-0.05, 0) is 31.7 Å². The molecule has 1 saturated carbocycles. The van der Waals surface area contributed by atoms with Crippen LogP contribution in [0, 0.1) is 5.92 Å². The van der Waals surface area contributed by atoms with E-state index in [-0.39, 0.29) is 36.7 Å². The number of carboxylic acid groups (broad SMARTS) is 1. The van der Waals surface area contributed by atoms with Gasteiger partial charge < -0.3 is 15.7 Å². The number of carboxylic acids is 1. The first-order valence-corrected chi connectivity index (χ1v) is 8.78. The van der Waals surface area contributed by atoms with Crippen LogP contribution in [0.15, 0.2) is 24.3 Å². The second kappa shape index (κ2) is 7.99. The molecule has 0 saturated heterocycles.